The van der Waals surface area contributed by atoms with Crippen LogP contribution in [0.4, 0.5) is 0 Å². The molecule has 1 N–H and O–H groups in total. The Morgan fingerprint density at radius 3 is 2.71 bits per heavy atom. The van der Waals surface area contributed by atoms with Gasteiger partial charge < -0.3 is 14.8 Å². The standard InChI is InChI=1S/C29H42N2O3/c1-17(34-20-12-18(15-31-16-20)26(32)30-4)22-6-7-23-21-13-25(33-5)29-14-19(29)8-11-28(29,3)24(21)9-10-27(22,23)2/h12,15-17,19,21-25H,6-11,13-14H2,1-5H3,(H,30,32)/t17?,19-,21+,22-,23+,24+,25?,27-,28-,29+/m1/s1. The van der Waals surface area contributed by atoms with Crippen molar-refractivity contribution in [3.8, 4) is 5.75 Å². The highest BCUT2D eigenvalue weighted by atomic mass is 16.5. The second-order valence-corrected chi connectivity index (χ2v) is 12.8. The number of hydrogen-bond donors (Lipinski definition) is 1. The molecule has 5 aliphatic rings. The molecule has 0 aromatic carbocycles. The number of nitrogens with zero attached hydrogens (tertiary/aromatic N) is 1. The smallest absolute Gasteiger partial charge is 0.252 e. The molecule has 1 amide bonds. The highest BCUT2D eigenvalue weighted by Gasteiger charge is 2.77. The molecule has 186 valence electrons. The van der Waals surface area contributed by atoms with Crippen LogP contribution >= 0.6 is 0 Å². The number of nitrogens with one attached hydrogen (secondary N) is 1. The van der Waals surface area contributed by atoms with Crippen LogP contribution in [0.25, 0.3) is 0 Å². The summed E-state index contributed by atoms with van der Waals surface area (Å²) in [7, 11) is 3.62. The van der Waals surface area contributed by atoms with Gasteiger partial charge in [0.25, 0.3) is 5.91 Å². The Balaban J connectivity index is 1.23. The normalized spacial score (nSPS) is 47.1. The summed E-state index contributed by atoms with van der Waals surface area (Å²) in [5, 5.41) is 2.67. The number of carbonyl (C=O) groups excluding carboxylic acids is 1. The molecule has 1 aromatic rings. The van der Waals surface area contributed by atoms with E-state index in [1.165, 1.54) is 51.4 Å². The predicted molar refractivity (Wildman–Crippen MR) is 132 cm³/mol. The van der Waals surface area contributed by atoms with Crippen LogP contribution in [0.3, 0.4) is 0 Å². The first-order chi connectivity index (χ1) is 16.3. The fraction of sp³-hybridized carbons (Fsp3) is 0.793. The minimum atomic E-state index is -0.127. The van der Waals surface area contributed by atoms with Gasteiger partial charge in [-0.2, -0.15) is 0 Å². The van der Waals surface area contributed by atoms with Gasteiger partial charge in [0.2, 0.25) is 0 Å². The number of carbonyl (C=O) groups is 1. The lowest BCUT2D eigenvalue weighted by Gasteiger charge is -2.61. The van der Waals surface area contributed by atoms with Crippen LogP contribution in [0, 0.1) is 45.8 Å². The van der Waals surface area contributed by atoms with Crippen LogP contribution < -0.4 is 10.1 Å². The number of fused-ring (bicyclic) bond motifs is 4. The lowest BCUT2D eigenvalue weighted by molar-refractivity contribution is -0.162. The molecule has 1 spiro atoms. The van der Waals surface area contributed by atoms with Crippen molar-refractivity contribution in [3.63, 3.8) is 0 Å². The Labute approximate surface area is 204 Å². The number of pyridine rings is 1. The summed E-state index contributed by atoms with van der Waals surface area (Å²) < 4.78 is 12.7. The van der Waals surface area contributed by atoms with Crippen LogP contribution in [0.5, 0.6) is 5.75 Å². The van der Waals surface area contributed by atoms with Gasteiger partial charge in [0.05, 0.1) is 24.0 Å². The van der Waals surface area contributed by atoms with E-state index in [0.29, 0.717) is 39.6 Å². The molecule has 1 heterocycles. The van der Waals surface area contributed by atoms with Crippen molar-refractivity contribution in [2.45, 2.75) is 84.3 Å². The quantitative estimate of drug-likeness (QED) is 0.623. The number of ether oxygens (including phenoxy) is 2. The van der Waals surface area contributed by atoms with E-state index in [9.17, 15) is 4.79 Å². The predicted octanol–water partition coefficient (Wildman–Crippen LogP) is 5.49. The van der Waals surface area contributed by atoms with Gasteiger partial charge in [0, 0.05) is 31.7 Å². The molecule has 5 fully saturated rings. The van der Waals surface area contributed by atoms with Gasteiger partial charge >= 0.3 is 0 Å². The molecule has 0 aliphatic heterocycles. The van der Waals surface area contributed by atoms with Crippen LogP contribution in [-0.2, 0) is 4.74 Å². The summed E-state index contributed by atoms with van der Waals surface area (Å²) in [5.41, 5.74) is 1.84. The maximum absolute atomic E-state index is 12.0. The first-order valence-electron chi connectivity index (χ1n) is 13.6. The lowest BCUT2D eigenvalue weighted by atomic mass is 9.45. The molecule has 5 aliphatic carbocycles. The number of methoxy groups -OCH3 is 1. The fourth-order valence-corrected chi connectivity index (χ4v) is 10.4. The maximum Gasteiger partial charge on any atom is 0.252 e. The maximum atomic E-state index is 12.0. The van der Waals surface area contributed by atoms with Gasteiger partial charge in [-0.25, -0.2) is 0 Å². The van der Waals surface area contributed by atoms with Gasteiger partial charge in [0.15, 0.2) is 0 Å². The van der Waals surface area contributed by atoms with Gasteiger partial charge in [-0.05, 0) is 98.9 Å². The molecule has 5 heteroatoms. The van der Waals surface area contributed by atoms with Crippen molar-refractivity contribution in [2.24, 2.45) is 45.8 Å². The number of rotatable bonds is 5. The van der Waals surface area contributed by atoms with E-state index in [-0.39, 0.29) is 12.0 Å². The molecule has 5 nitrogen and oxygen atoms in total. The molecule has 10 atom stereocenters. The Morgan fingerprint density at radius 1 is 1.15 bits per heavy atom. The third-order valence-corrected chi connectivity index (χ3v) is 12.0. The summed E-state index contributed by atoms with van der Waals surface area (Å²) in [6.45, 7) is 7.45. The first kappa shape index (κ1) is 22.8. The molecular formula is C29H42N2O3. The van der Waals surface area contributed by atoms with E-state index >= 15 is 0 Å². The molecule has 6 rings (SSSR count). The summed E-state index contributed by atoms with van der Waals surface area (Å²) in [4.78, 5) is 16.3. The Kier molecular flexibility index (Phi) is 5.16. The van der Waals surface area contributed by atoms with Crippen LogP contribution in [-0.4, -0.2) is 37.3 Å². The summed E-state index contributed by atoms with van der Waals surface area (Å²) in [6.07, 6.45) is 14.7. The van der Waals surface area contributed by atoms with E-state index in [0.717, 1.165) is 23.7 Å². The molecule has 0 saturated heterocycles. The number of amides is 1. The van der Waals surface area contributed by atoms with E-state index in [4.69, 9.17) is 9.47 Å². The van der Waals surface area contributed by atoms with Gasteiger partial charge in [-0.1, -0.05) is 13.8 Å². The van der Waals surface area contributed by atoms with Crippen LogP contribution in [0.15, 0.2) is 18.5 Å². The fourth-order valence-electron chi connectivity index (χ4n) is 10.4. The highest BCUT2D eigenvalue weighted by molar-refractivity contribution is 5.93. The van der Waals surface area contributed by atoms with Crippen molar-refractivity contribution in [3.05, 3.63) is 24.0 Å². The lowest BCUT2D eigenvalue weighted by Crippen LogP contribution is -2.57. The second-order valence-electron chi connectivity index (χ2n) is 12.8. The molecule has 0 radical (unpaired) electrons. The number of hydrogen-bond acceptors (Lipinski definition) is 4. The van der Waals surface area contributed by atoms with Gasteiger partial charge in [-0.3, -0.25) is 9.78 Å². The third-order valence-electron chi connectivity index (χ3n) is 12.0. The average molecular weight is 467 g/mol. The zero-order valence-corrected chi connectivity index (χ0v) is 21.6. The molecule has 1 aromatic heterocycles. The van der Waals surface area contributed by atoms with Crippen molar-refractivity contribution in [2.75, 3.05) is 14.2 Å². The van der Waals surface area contributed by atoms with Crippen molar-refractivity contribution < 1.29 is 14.3 Å². The Hall–Kier alpha value is -1.62. The zero-order valence-electron chi connectivity index (χ0n) is 21.6. The van der Waals surface area contributed by atoms with Gasteiger partial charge in [-0.15, -0.1) is 0 Å². The molecule has 0 bridgehead atoms. The van der Waals surface area contributed by atoms with Crippen molar-refractivity contribution in [1.29, 1.82) is 0 Å². The Bertz CT molecular complexity index is 982. The van der Waals surface area contributed by atoms with E-state index in [2.05, 4.69) is 31.1 Å². The van der Waals surface area contributed by atoms with E-state index in [1.807, 2.05) is 13.2 Å². The molecule has 2 unspecified atom stereocenters. The first-order valence-corrected chi connectivity index (χ1v) is 13.6. The number of aromatic nitrogens is 1. The Morgan fingerprint density at radius 2 is 1.97 bits per heavy atom. The SMILES string of the molecule is CNC(=O)c1cncc(OC(C)[C@H]2CC[C@H]3[C@@H]4CC(OC)[C@]56C[C@H]5CC[C@]6(C)[C@H]4CC[C@]23C)c1. The molecule has 5 saturated carbocycles. The summed E-state index contributed by atoms with van der Waals surface area (Å²) >= 11 is 0. The van der Waals surface area contributed by atoms with E-state index < -0.39 is 0 Å². The largest absolute Gasteiger partial charge is 0.489 e. The topological polar surface area (TPSA) is 60.5 Å². The second kappa shape index (κ2) is 7.69. The van der Waals surface area contributed by atoms with Crippen LogP contribution in [0.2, 0.25) is 0 Å². The minimum Gasteiger partial charge on any atom is -0.489 e. The minimum absolute atomic E-state index is 0.108. The van der Waals surface area contributed by atoms with E-state index in [1.54, 1.807) is 19.4 Å². The highest BCUT2D eigenvalue weighted by Crippen LogP contribution is 2.82. The average Bonchev–Trinajstić information content (AvgIpc) is 3.34. The van der Waals surface area contributed by atoms with Gasteiger partial charge in [0.1, 0.15) is 5.75 Å². The van der Waals surface area contributed by atoms with Crippen molar-refractivity contribution >= 4 is 5.91 Å². The molecule has 34 heavy (non-hydrogen) atoms. The molecular weight excluding hydrogens is 424 g/mol. The summed E-state index contributed by atoms with van der Waals surface area (Å²) in [5.74, 6) is 4.46. The van der Waals surface area contributed by atoms with Crippen LogP contribution in [0.1, 0.15) is 82.5 Å². The van der Waals surface area contributed by atoms with Crippen molar-refractivity contribution in [1.82, 2.24) is 10.3 Å². The monoisotopic (exact) mass is 466 g/mol. The third kappa shape index (κ3) is 2.88. The summed E-state index contributed by atoms with van der Waals surface area (Å²) in [6, 6.07) is 1.82. The zero-order chi connectivity index (χ0) is 23.9.